The molecule has 1 heterocycles. The van der Waals surface area contributed by atoms with Crippen molar-refractivity contribution >= 4 is 0 Å². The Hall–Kier alpha value is -1.58. The van der Waals surface area contributed by atoms with Crippen LogP contribution in [0.15, 0.2) is 40.8 Å². The summed E-state index contributed by atoms with van der Waals surface area (Å²) < 4.78 is 5.58. The van der Waals surface area contributed by atoms with Crippen molar-refractivity contribution in [3.8, 4) is 0 Å². The van der Waals surface area contributed by atoms with Crippen LogP contribution >= 0.6 is 0 Å². The monoisotopic (exact) mass is 273 g/mol. The molecule has 2 rings (SSSR count). The molecule has 3 nitrogen and oxygen atoms in total. The van der Waals surface area contributed by atoms with Crippen LogP contribution in [-0.2, 0) is 6.54 Å². The molecule has 108 valence electrons. The highest BCUT2D eigenvalue weighted by Gasteiger charge is 2.18. The lowest BCUT2D eigenvalue weighted by Gasteiger charge is -2.28. The van der Waals surface area contributed by atoms with E-state index in [0.29, 0.717) is 0 Å². The first-order valence-electron chi connectivity index (χ1n) is 7.03. The van der Waals surface area contributed by atoms with Crippen molar-refractivity contribution in [3.63, 3.8) is 0 Å². The fourth-order valence-corrected chi connectivity index (χ4v) is 2.66. The van der Waals surface area contributed by atoms with E-state index in [-0.39, 0.29) is 12.6 Å². The van der Waals surface area contributed by atoms with Crippen LogP contribution in [0.25, 0.3) is 0 Å². The van der Waals surface area contributed by atoms with Gasteiger partial charge in [-0.05, 0) is 38.9 Å². The maximum absolute atomic E-state index is 9.33. The molecule has 0 spiro atoms. The number of aliphatic hydroxyl groups is 1. The van der Waals surface area contributed by atoms with Crippen LogP contribution in [0.2, 0.25) is 0 Å². The van der Waals surface area contributed by atoms with Crippen molar-refractivity contribution < 1.29 is 9.52 Å². The van der Waals surface area contributed by atoms with E-state index >= 15 is 0 Å². The Morgan fingerprint density at radius 1 is 1.20 bits per heavy atom. The molecule has 1 aromatic heterocycles. The Kier molecular flexibility index (Phi) is 4.99. The number of aryl methyl sites for hydroxylation is 2. The van der Waals surface area contributed by atoms with Crippen LogP contribution in [0.5, 0.6) is 0 Å². The molecule has 0 fully saturated rings. The van der Waals surface area contributed by atoms with Crippen LogP contribution in [0.4, 0.5) is 0 Å². The highest BCUT2D eigenvalue weighted by atomic mass is 16.3. The molecule has 0 aliphatic rings. The molecule has 0 saturated heterocycles. The van der Waals surface area contributed by atoms with Gasteiger partial charge < -0.3 is 9.52 Å². The van der Waals surface area contributed by atoms with Gasteiger partial charge in [-0.1, -0.05) is 30.3 Å². The summed E-state index contributed by atoms with van der Waals surface area (Å²) in [7, 11) is 2.09. The highest BCUT2D eigenvalue weighted by molar-refractivity contribution is 5.22. The third kappa shape index (κ3) is 3.50. The molecule has 20 heavy (non-hydrogen) atoms. The summed E-state index contributed by atoms with van der Waals surface area (Å²) in [6, 6.07) is 12.6. The van der Waals surface area contributed by atoms with Gasteiger partial charge in [0.05, 0.1) is 0 Å². The van der Waals surface area contributed by atoms with Crippen molar-refractivity contribution in [1.82, 2.24) is 4.90 Å². The molecule has 0 radical (unpaired) electrons. The molecule has 0 bridgehead atoms. The van der Waals surface area contributed by atoms with E-state index in [9.17, 15) is 5.11 Å². The van der Waals surface area contributed by atoms with Crippen molar-refractivity contribution in [1.29, 1.82) is 0 Å². The number of nitrogens with zero attached hydrogens (tertiary/aromatic N) is 1. The Labute approximate surface area is 120 Å². The van der Waals surface area contributed by atoms with Gasteiger partial charge in [-0.15, -0.1) is 0 Å². The van der Waals surface area contributed by atoms with Gasteiger partial charge in [0.1, 0.15) is 11.5 Å². The van der Waals surface area contributed by atoms with E-state index < -0.39 is 0 Å². The summed E-state index contributed by atoms with van der Waals surface area (Å²) in [5.74, 6) is 1.93. The van der Waals surface area contributed by atoms with Gasteiger partial charge in [0, 0.05) is 24.8 Å². The van der Waals surface area contributed by atoms with Gasteiger partial charge in [0.2, 0.25) is 0 Å². The molecule has 1 unspecified atom stereocenters. The number of rotatable bonds is 6. The second-order valence-corrected chi connectivity index (χ2v) is 5.29. The van der Waals surface area contributed by atoms with Crippen LogP contribution in [-0.4, -0.2) is 23.7 Å². The normalized spacial score (nSPS) is 12.8. The number of benzene rings is 1. The zero-order chi connectivity index (χ0) is 14.5. The van der Waals surface area contributed by atoms with Gasteiger partial charge in [0.15, 0.2) is 0 Å². The molecule has 2 aromatic rings. The zero-order valence-electron chi connectivity index (χ0n) is 12.5. The number of hydrogen-bond donors (Lipinski definition) is 1. The van der Waals surface area contributed by atoms with Gasteiger partial charge >= 0.3 is 0 Å². The first-order chi connectivity index (χ1) is 9.61. The van der Waals surface area contributed by atoms with Crippen molar-refractivity contribution in [2.75, 3.05) is 13.7 Å². The smallest absolute Gasteiger partial charge is 0.105 e. The average Bonchev–Trinajstić information content (AvgIpc) is 2.75. The maximum atomic E-state index is 9.33. The Bertz CT molecular complexity index is 533. The van der Waals surface area contributed by atoms with E-state index in [2.05, 4.69) is 30.1 Å². The molecule has 0 aliphatic carbocycles. The SMILES string of the molecule is Cc1cc(CN(C)C(CCO)c2ccccc2)c(C)o1. The Balaban J connectivity index is 2.15. The fourth-order valence-electron chi connectivity index (χ4n) is 2.66. The van der Waals surface area contributed by atoms with E-state index in [0.717, 1.165) is 24.5 Å². The first kappa shape index (κ1) is 14.8. The van der Waals surface area contributed by atoms with Gasteiger partial charge in [0.25, 0.3) is 0 Å². The number of furan rings is 1. The topological polar surface area (TPSA) is 36.6 Å². The molecule has 0 aliphatic heterocycles. The predicted octanol–water partition coefficient (Wildman–Crippen LogP) is 3.45. The van der Waals surface area contributed by atoms with E-state index in [1.165, 1.54) is 11.1 Å². The summed E-state index contributed by atoms with van der Waals surface area (Å²) in [6.45, 7) is 4.98. The standard InChI is InChI=1S/C17H23NO2/c1-13-11-16(14(2)20-13)12-18(3)17(9-10-19)15-7-5-4-6-8-15/h4-8,11,17,19H,9-10,12H2,1-3H3. The minimum atomic E-state index is 0.188. The number of aliphatic hydroxyl groups excluding tert-OH is 1. The summed E-state index contributed by atoms with van der Waals surface area (Å²) in [6.07, 6.45) is 0.733. The largest absolute Gasteiger partial charge is 0.466 e. The average molecular weight is 273 g/mol. The lowest BCUT2D eigenvalue weighted by molar-refractivity contribution is 0.179. The van der Waals surface area contributed by atoms with Crippen LogP contribution in [0.1, 0.15) is 35.1 Å². The second-order valence-electron chi connectivity index (χ2n) is 5.29. The summed E-state index contributed by atoms with van der Waals surface area (Å²) in [5, 5.41) is 9.33. The predicted molar refractivity (Wildman–Crippen MR) is 80.5 cm³/mol. The van der Waals surface area contributed by atoms with E-state index in [1.807, 2.05) is 32.0 Å². The van der Waals surface area contributed by atoms with Gasteiger partial charge in [-0.3, -0.25) is 4.90 Å². The fraction of sp³-hybridized carbons (Fsp3) is 0.412. The highest BCUT2D eigenvalue weighted by Crippen LogP contribution is 2.25. The third-order valence-electron chi connectivity index (χ3n) is 3.68. The Morgan fingerprint density at radius 3 is 2.45 bits per heavy atom. The number of hydrogen-bond acceptors (Lipinski definition) is 3. The molecule has 1 aromatic carbocycles. The van der Waals surface area contributed by atoms with Crippen molar-refractivity contribution in [3.05, 3.63) is 59.0 Å². The minimum Gasteiger partial charge on any atom is -0.466 e. The summed E-state index contributed by atoms with van der Waals surface area (Å²) >= 11 is 0. The van der Waals surface area contributed by atoms with Crippen LogP contribution in [0, 0.1) is 13.8 Å². The van der Waals surface area contributed by atoms with Crippen molar-refractivity contribution in [2.24, 2.45) is 0 Å². The lowest BCUT2D eigenvalue weighted by atomic mass is 10.0. The van der Waals surface area contributed by atoms with E-state index in [1.54, 1.807) is 0 Å². The molecular formula is C17H23NO2. The zero-order valence-corrected chi connectivity index (χ0v) is 12.5. The summed E-state index contributed by atoms with van der Waals surface area (Å²) in [4.78, 5) is 2.27. The molecule has 3 heteroatoms. The van der Waals surface area contributed by atoms with Crippen LogP contribution < -0.4 is 0 Å². The molecule has 0 amide bonds. The van der Waals surface area contributed by atoms with Gasteiger partial charge in [-0.25, -0.2) is 0 Å². The lowest BCUT2D eigenvalue weighted by Crippen LogP contribution is -2.25. The Morgan fingerprint density at radius 2 is 1.90 bits per heavy atom. The summed E-state index contributed by atoms with van der Waals surface area (Å²) in [5.41, 5.74) is 2.45. The van der Waals surface area contributed by atoms with Crippen molar-refractivity contribution in [2.45, 2.75) is 32.9 Å². The van der Waals surface area contributed by atoms with Gasteiger partial charge in [-0.2, -0.15) is 0 Å². The van der Waals surface area contributed by atoms with Crippen LogP contribution in [0.3, 0.4) is 0 Å². The first-order valence-corrected chi connectivity index (χ1v) is 7.03. The molecule has 0 saturated carbocycles. The third-order valence-corrected chi connectivity index (χ3v) is 3.68. The van der Waals surface area contributed by atoms with E-state index in [4.69, 9.17) is 4.42 Å². The quantitative estimate of drug-likeness (QED) is 0.875. The second kappa shape index (κ2) is 6.73. The minimum absolute atomic E-state index is 0.188. The molecule has 1 atom stereocenters. The molecule has 1 N–H and O–H groups in total. The maximum Gasteiger partial charge on any atom is 0.105 e. The molecular weight excluding hydrogens is 250 g/mol.